The van der Waals surface area contributed by atoms with Gasteiger partial charge in [0.05, 0.1) is 18.4 Å². The normalized spacial score (nSPS) is 13.1. The molecule has 0 fully saturated rings. The summed E-state index contributed by atoms with van der Waals surface area (Å²) in [5.41, 5.74) is 4.00. The number of hydrogen-bond acceptors (Lipinski definition) is 3. The summed E-state index contributed by atoms with van der Waals surface area (Å²) in [6, 6.07) is 5.94. The van der Waals surface area contributed by atoms with Gasteiger partial charge in [-0.05, 0) is 36.1 Å². The number of nitrogens with zero attached hydrogens (tertiary/aromatic N) is 1. The average Bonchev–Trinajstić information content (AvgIpc) is 2.71. The molecule has 4 heteroatoms. The minimum atomic E-state index is 0.143. The minimum absolute atomic E-state index is 0.143. The van der Waals surface area contributed by atoms with E-state index in [1.807, 2.05) is 18.2 Å². The molecule has 0 atom stereocenters. The predicted octanol–water partition coefficient (Wildman–Crippen LogP) is 1.89. The minimum Gasteiger partial charge on any atom is -0.497 e. The maximum Gasteiger partial charge on any atom is 0.215 e. The Hall–Kier alpha value is -1.97. The lowest BCUT2D eigenvalue weighted by molar-refractivity contribution is 0.414. The van der Waals surface area contributed by atoms with Gasteiger partial charge in [0.25, 0.3) is 0 Å². The number of hydrogen-bond donors (Lipinski definition) is 2. The molecule has 2 aromatic rings. The summed E-state index contributed by atoms with van der Waals surface area (Å²) in [5, 5.41) is 16.5. The van der Waals surface area contributed by atoms with Crippen molar-refractivity contribution in [3.05, 3.63) is 29.5 Å². The van der Waals surface area contributed by atoms with Gasteiger partial charge < -0.3 is 9.84 Å². The highest BCUT2D eigenvalue weighted by molar-refractivity contribution is 5.77. The van der Waals surface area contributed by atoms with Crippen molar-refractivity contribution in [3.8, 4) is 22.8 Å². The van der Waals surface area contributed by atoms with Crippen molar-refractivity contribution in [1.82, 2.24) is 10.2 Å². The molecule has 0 spiro atoms. The molecule has 1 aliphatic rings. The maximum atomic E-state index is 9.75. The Morgan fingerprint density at radius 1 is 1.38 bits per heavy atom. The molecule has 3 rings (SSSR count). The highest BCUT2D eigenvalue weighted by Crippen LogP contribution is 2.39. The fourth-order valence-electron chi connectivity index (χ4n) is 2.22. The molecule has 0 saturated heterocycles. The number of aromatic nitrogens is 2. The molecule has 0 bridgehead atoms. The first-order valence-corrected chi connectivity index (χ1v) is 5.23. The first-order chi connectivity index (χ1) is 7.79. The number of methoxy groups -OCH3 is 1. The van der Waals surface area contributed by atoms with Crippen LogP contribution in [-0.2, 0) is 12.8 Å². The Labute approximate surface area is 92.9 Å². The zero-order valence-electron chi connectivity index (χ0n) is 8.95. The van der Waals surface area contributed by atoms with Gasteiger partial charge in [-0.25, -0.2) is 5.10 Å². The summed E-state index contributed by atoms with van der Waals surface area (Å²) in [6.07, 6.45) is 1.82. The van der Waals surface area contributed by atoms with E-state index in [0.717, 1.165) is 35.4 Å². The SMILES string of the molecule is COc1ccc2c(c1)-c1c(n[nH]c1O)CC2. The van der Waals surface area contributed by atoms with Crippen LogP contribution in [0.1, 0.15) is 11.3 Å². The largest absolute Gasteiger partial charge is 0.497 e. The van der Waals surface area contributed by atoms with E-state index < -0.39 is 0 Å². The Kier molecular flexibility index (Phi) is 1.89. The van der Waals surface area contributed by atoms with Crippen molar-refractivity contribution >= 4 is 0 Å². The smallest absolute Gasteiger partial charge is 0.215 e. The van der Waals surface area contributed by atoms with E-state index in [2.05, 4.69) is 10.2 Å². The Morgan fingerprint density at radius 3 is 3.06 bits per heavy atom. The van der Waals surface area contributed by atoms with Crippen LogP contribution in [0.4, 0.5) is 0 Å². The van der Waals surface area contributed by atoms with E-state index >= 15 is 0 Å². The number of benzene rings is 1. The van der Waals surface area contributed by atoms with Gasteiger partial charge in [-0.2, -0.15) is 5.10 Å². The number of H-pyrrole nitrogens is 1. The lowest BCUT2D eigenvalue weighted by atomic mass is 9.89. The first-order valence-electron chi connectivity index (χ1n) is 5.23. The predicted molar refractivity (Wildman–Crippen MR) is 59.6 cm³/mol. The van der Waals surface area contributed by atoms with Crippen LogP contribution in [0.15, 0.2) is 18.2 Å². The summed E-state index contributed by atoms with van der Waals surface area (Å²) in [7, 11) is 1.64. The van der Waals surface area contributed by atoms with Gasteiger partial charge in [0.1, 0.15) is 5.75 Å². The van der Waals surface area contributed by atoms with Crippen molar-refractivity contribution in [2.75, 3.05) is 7.11 Å². The van der Waals surface area contributed by atoms with E-state index in [0.29, 0.717) is 0 Å². The summed E-state index contributed by atoms with van der Waals surface area (Å²) >= 11 is 0. The molecule has 16 heavy (non-hydrogen) atoms. The maximum absolute atomic E-state index is 9.75. The topological polar surface area (TPSA) is 58.1 Å². The number of rotatable bonds is 1. The molecule has 2 N–H and O–H groups in total. The molecule has 0 radical (unpaired) electrons. The van der Waals surface area contributed by atoms with E-state index in [-0.39, 0.29) is 5.88 Å². The molecule has 1 aromatic heterocycles. The van der Waals surface area contributed by atoms with Crippen LogP contribution < -0.4 is 4.74 Å². The fraction of sp³-hybridized carbons (Fsp3) is 0.250. The monoisotopic (exact) mass is 216 g/mol. The van der Waals surface area contributed by atoms with Gasteiger partial charge in [0, 0.05) is 0 Å². The van der Waals surface area contributed by atoms with Crippen LogP contribution in [0.5, 0.6) is 11.6 Å². The van der Waals surface area contributed by atoms with Crippen molar-refractivity contribution in [1.29, 1.82) is 0 Å². The lowest BCUT2D eigenvalue weighted by Crippen LogP contribution is -2.03. The molecule has 1 aliphatic carbocycles. The van der Waals surface area contributed by atoms with Crippen LogP contribution in [0.3, 0.4) is 0 Å². The van der Waals surface area contributed by atoms with Gasteiger partial charge in [0.2, 0.25) is 5.88 Å². The summed E-state index contributed by atoms with van der Waals surface area (Å²) < 4.78 is 5.20. The molecule has 82 valence electrons. The second kappa shape index (κ2) is 3.27. The molecule has 4 nitrogen and oxygen atoms in total. The van der Waals surface area contributed by atoms with Crippen LogP contribution >= 0.6 is 0 Å². The summed E-state index contributed by atoms with van der Waals surface area (Å²) in [5.74, 6) is 0.941. The third-order valence-corrected chi connectivity index (χ3v) is 3.04. The number of aromatic amines is 1. The number of nitrogens with one attached hydrogen (secondary N) is 1. The van der Waals surface area contributed by atoms with Crippen LogP contribution in [0.25, 0.3) is 11.1 Å². The van der Waals surface area contributed by atoms with Crippen molar-refractivity contribution < 1.29 is 9.84 Å². The molecule has 0 unspecified atom stereocenters. The molecular formula is C12H12N2O2. The quantitative estimate of drug-likeness (QED) is 0.765. The molecule has 0 saturated carbocycles. The van der Waals surface area contributed by atoms with Crippen LogP contribution in [0, 0.1) is 0 Å². The van der Waals surface area contributed by atoms with Gasteiger partial charge >= 0.3 is 0 Å². The van der Waals surface area contributed by atoms with Gasteiger partial charge in [-0.15, -0.1) is 0 Å². The Morgan fingerprint density at radius 2 is 2.25 bits per heavy atom. The standard InChI is InChI=1S/C12H12N2O2/c1-16-8-4-2-7-3-5-10-11(9(7)6-8)12(15)14-13-10/h2,4,6H,3,5H2,1H3,(H2,13,14,15). The second-order valence-electron chi connectivity index (χ2n) is 3.92. The van der Waals surface area contributed by atoms with Crippen molar-refractivity contribution in [2.24, 2.45) is 0 Å². The Balaban J connectivity index is 2.25. The van der Waals surface area contributed by atoms with Crippen molar-refractivity contribution in [3.63, 3.8) is 0 Å². The van der Waals surface area contributed by atoms with Gasteiger partial charge in [-0.3, -0.25) is 0 Å². The van der Waals surface area contributed by atoms with Gasteiger partial charge in [-0.1, -0.05) is 6.07 Å². The zero-order chi connectivity index (χ0) is 11.1. The second-order valence-corrected chi connectivity index (χ2v) is 3.92. The molecule has 0 aliphatic heterocycles. The highest BCUT2D eigenvalue weighted by atomic mass is 16.5. The third kappa shape index (κ3) is 1.19. The fourth-order valence-corrected chi connectivity index (χ4v) is 2.22. The molecule has 1 heterocycles. The number of aryl methyl sites for hydroxylation is 2. The number of aromatic hydroxyl groups is 1. The number of ether oxygens (including phenoxy) is 1. The van der Waals surface area contributed by atoms with E-state index in [1.54, 1.807) is 7.11 Å². The molecule has 0 amide bonds. The first kappa shape index (κ1) is 9.27. The third-order valence-electron chi connectivity index (χ3n) is 3.04. The van der Waals surface area contributed by atoms with E-state index in [1.165, 1.54) is 5.56 Å². The summed E-state index contributed by atoms with van der Waals surface area (Å²) in [6.45, 7) is 0. The van der Waals surface area contributed by atoms with Crippen LogP contribution in [0.2, 0.25) is 0 Å². The zero-order valence-corrected chi connectivity index (χ0v) is 8.95. The molecule has 1 aromatic carbocycles. The van der Waals surface area contributed by atoms with Crippen molar-refractivity contribution in [2.45, 2.75) is 12.8 Å². The Bertz CT molecular complexity index is 546. The van der Waals surface area contributed by atoms with E-state index in [9.17, 15) is 5.11 Å². The van der Waals surface area contributed by atoms with Crippen LogP contribution in [-0.4, -0.2) is 22.4 Å². The highest BCUT2D eigenvalue weighted by Gasteiger charge is 2.22. The average molecular weight is 216 g/mol. The van der Waals surface area contributed by atoms with E-state index in [4.69, 9.17) is 4.74 Å². The van der Waals surface area contributed by atoms with Gasteiger partial charge in [0.15, 0.2) is 0 Å². The summed E-state index contributed by atoms with van der Waals surface area (Å²) in [4.78, 5) is 0. The molecular weight excluding hydrogens is 204 g/mol. The lowest BCUT2D eigenvalue weighted by Gasteiger charge is -2.16. The number of fused-ring (bicyclic) bond motifs is 3.